The summed E-state index contributed by atoms with van der Waals surface area (Å²) < 4.78 is 0. The molecule has 0 saturated carbocycles. The minimum Gasteiger partial charge on any atom is -0.480 e. The number of carbonyl (C=O) groups excluding carboxylic acids is 3. The normalized spacial score (nSPS) is 14.2. The van der Waals surface area contributed by atoms with E-state index in [0.29, 0.717) is 11.4 Å². The summed E-state index contributed by atoms with van der Waals surface area (Å²) in [6, 6.07) is 4.47. The summed E-state index contributed by atoms with van der Waals surface area (Å²) in [6.07, 6.45) is 5.14. The zero-order valence-corrected chi connectivity index (χ0v) is 20.7. The molecule has 0 radical (unpaired) electrons. The predicted molar refractivity (Wildman–Crippen MR) is 134 cm³/mol. The maximum Gasteiger partial charge on any atom is 0.326 e. The number of aromatic amines is 1. The summed E-state index contributed by atoms with van der Waals surface area (Å²) in [5.74, 6) is -2.92. The van der Waals surface area contributed by atoms with Crippen LogP contribution in [0.3, 0.4) is 0 Å². The molecule has 0 aliphatic heterocycles. The summed E-state index contributed by atoms with van der Waals surface area (Å²) in [7, 11) is 0. The number of nitrogens with zero attached hydrogens (tertiary/aromatic N) is 1. The van der Waals surface area contributed by atoms with Gasteiger partial charge in [0.05, 0.1) is 19.0 Å². The van der Waals surface area contributed by atoms with Crippen molar-refractivity contribution in [3.63, 3.8) is 0 Å². The van der Waals surface area contributed by atoms with Crippen LogP contribution in [-0.4, -0.2) is 86.7 Å². The highest BCUT2D eigenvalue weighted by molar-refractivity contribution is 7.98. The number of rotatable bonds is 15. The topological polar surface area (TPSA) is 200 Å². The molecule has 2 aromatic rings. The number of thioether (sulfide) groups is 1. The molecule has 0 aliphatic rings. The van der Waals surface area contributed by atoms with Gasteiger partial charge in [-0.15, -0.1) is 0 Å². The number of nitrogens with one attached hydrogen (secondary N) is 4. The average molecular weight is 521 g/mol. The molecule has 13 heteroatoms. The van der Waals surface area contributed by atoms with Crippen LogP contribution < -0.4 is 21.7 Å². The fourth-order valence-electron chi connectivity index (χ4n) is 3.30. The van der Waals surface area contributed by atoms with Crippen molar-refractivity contribution in [3.05, 3.63) is 54.1 Å². The highest BCUT2D eigenvalue weighted by Gasteiger charge is 2.30. The summed E-state index contributed by atoms with van der Waals surface area (Å²) in [5.41, 5.74) is 7.43. The van der Waals surface area contributed by atoms with E-state index in [0.717, 1.165) is 5.56 Å². The van der Waals surface area contributed by atoms with Gasteiger partial charge < -0.3 is 36.9 Å². The van der Waals surface area contributed by atoms with E-state index in [1.807, 2.05) is 30.3 Å². The minimum atomic E-state index is -1.42. The maximum absolute atomic E-state index is 13.0. The van der Waals surface area contributed by atoms with Crippen LogP contribution in [0.25, 0.3) is 0 Å². The van der Waals surface area contributed by atoms with Crippen LogP contribution in [0.15, 0.2) is 42.9 Å². The monoisotopic (exact) mass is 520 g/mol. The fraction of sp³-hybridized carbons (Fsp3) is 0.435. The lowest BCUT2D eigenvalue weighted by atomic mass is 10.0. The Morgan fingerprint density at radius 3 is 2.22 bits per heavy atom. The second-order valence-corrected chi connectivity index (χ2v) is 9.05. The molecule has 196 valence electrons. The van der Waals surface area contributed by atoms with E-state index in [2.05, 4.69) is 25.9 Å². The van der Waals surface area contributed by atoms with Gasteiger partial charge in [-0.05, 0) is 30.4 Å². The molecule has 8 N–H and O–H groups in total. The van der Waals surface area contributed by atoms with Crippen LogP contribution in [0.4, 0.5) is 0 Å². The molecule has 0 fully saturated rings. The van der Waals surface area contributed by atoms with Crippen LogP contribution in [0.5, 0.6) is 0 Å². The number of aliphatic carboxylic acids is 1. The Labute approximate surface area is 212 Å². The maximum atomic E-state index is 13.0. The van der Waals surface area contributed by atoms with Gasteiger partial charge in [-0.1, -0.05) is 30.3 Å². The standard InChI is InChI=1S/C23H32N6O6S/c1-36-8-7-17(23(34)35)27-22(33)19(12-30)29-21(32)18(10-15-11-25-13-26-15)28-20(31)16(24)9-14-5-3-2-4-6-14/h2-6,11,13,16-19,30H,7-10,12,24H2,1H3,(H,25,26)(H,27,33)(H,28,31)(H,29,32)(H,34,35). The largest absolute Gasteiger partial charge is 0.480 e. The van der Waals surface area contributed by atoms with Crippen LogP contribution in [0.2, 0.25) is 0 Å². The van der Waals surface area contributed by atoms with Gasteiger partial charge in [0.2, 0.25) is 17.7 Å². The zero-order chi connectivity index (χ0) is 26.5. The lowest BCUT2D eigenvalue weighted by molar-refractivity contribution is -0.142. The summed E-state index contributed by atoms with van der Waals surface area (Å²) in [4.78, 5) is 56.6. The molecule has 0 spiro atoms. The van der Waals surface area contributed by atoms with Crippen LogP contribution >= 0.6 is 11.8 Å². The molecule has 1 aromatic heterocycles. The number of hydrogen-bond acceptors (Lipinski definition) is 8. The Hall–Kier alpha value is -3.42. The number of aromatic nitrogens is 2. The third kappa shape index (κ3) is 9.32. The second kappa shape index (κ2) is 14.9. The van der Waals surface area contributed by atoms with Gasteiger partial charge in [0.1, 0.15) is 18.1 Å². The van der Waals surface area contributed by atoms with E-state index in [9.17, 15) is 29.4 Å². The first-order chi connectivity index (χ1) is 17.2. The predicted octanol–water partition coefficient (Wildman–Crippen LogP) is -1.19. The Morgan fingerprint density at radius 1 is 1.00 bits per heavy atom. The smallest absolute Gasteiger partial charge is 0.326 e. The van der Waals surface area contributed by atoms with E-state index in [1.165, 1.54) is 24.3 Å². The van der Waals surface area contributed by atoms with Crippen LogP contribution in [0.1, 0.15) is 17.7 Å². The molecule has 0 aliphatic carbocycles. The Balaban J connectivity index is 2.08. The van der Waals surface area contributed by atoms with Crippen molar-refractivity contribution in [2.24, 2.45) is 5.73 Å². The number of amides is 3. The molecule has 1 aromatic carbocycles. The number of benzene rings is 1. The fourth-order valence-corrected chi connectivity index (χ4v) is 3.77. The number of imidazole rings is 1. The Morgan fingerprint density at radius 2 is 1.64 bits per heavy atom. The van der Waals surface area contributed by atoms with Gasteiger partial charge in [0.25, 0.3) is 0 Å². The van der Waals surface area contributed by atoms with Crippen molar-refractivity contribution in [2.75, 3.05) is 18.6 Å². The van der Waals surface area contributed by atoms with Gasteiger partial charge in [0, 0.05) is 18.3 Å². The van der Waals surface area contributed by atoms with Crippen molar-refractivity contribution < 1.29 is 29.4 Å². The van der Waals surface area contributed by atoms with Crippen molar-refractivity contribution in [1.29, 1.82) is 0 Å². The van der Waals surface area contributed by atoms with Crippen molar-refractivity contribution in [2.45, 2.75) is 43.4 Å². The van der Waals surface area contributed by atoms with E-state index in [1.54, 1.807) is 6.26 Å². The number of hydrogen-bond donors (Lipinski definition) is 7. The molecule has 36 heavy (non-hydrogen) atoms. The van der Waals surface area contributed by atoms with Gasteiger partial charge in [-0.25, -0.2) is 9.78 Å². The van der Waals surface area contributed by atoms with Gasteiger partial charge >= 0.3 is 5.97 Å². The van der Waals surface area contributed by atoms with E-state index >= 15 is 0 Å². The Bertz CT molecular complexity index is 990. The summed E-state index contributed by atoms with van der Waals surface area (Å²) in [6.45, 7) is -0.773. The SMILES string of the molecule is CSCCC(NC(=O)C(CO)NC(=O)C(Cc1cnc[nH]1)NC(=O)C(N)Cc1ccccc1)C(=O)O. The first-order valence-corrected chi connectivity index (χ1v) is 12.6. The van der Waals surface area contributed by atoms with Gasteiger partial charge in [-0.3, -0.25) is 14.4 Å². The first-order valence-electron chi connectivity index (χ1n) is 11.3. The number of H-pyrrole nitrogens is 1. The quantitative estimate of drug-likeness (QED) is 0.151. The molecule has 3 amide bonds. The number of carbonyl (C=O) groups is 4. The lowest BCUT2D eigenvalue weighted by Crippen LogP contribution is -2.58. The molecule has 4 unspecified atom stereocenters. The third-order valence-corrected chi connectivity index (χ3v) is 5.93. The van der Waals surface area contributed by atoms with Crippen LogP contribution in [-0.2, 0) is 32.0 Å². The van der Waals surface area contributed by atoms with E-state index in [4.69, 9.17) is 5.73 Å². The molecule has 12 nitrogen and oxygen atoms in total. The molecular weight excluding hydrogens is 488 g/mol. The number of carboxylic acids is 1. The number of carboxylic acid groups (broad SMARTS) is 1. The van der Waals surface area contributed by atoms with Gasteiger partial charge in [0.15, 0.2) is 0 Å². The number of aliphatic hydroxyl groups is 1. The van der Waals surface area contributed by atoms with Crippen molar-refractivity contribution >= 4 is 35.5 Å². The molecule has 4 atom stereocenters. The van der Waals surface area contributed by atoms with E-state index in [-0.39, 0.29) is 19.3 Å². The number of aliphatic hydroxyl groups excluding tert-OH is 1. The molecule has 2 rings (SSSR count). The summed E-state index contributed by atoms with van der Waals surface area (Å²) in [5, 5.41) is 26.3. The van der Waals surface area contributed by atoms with Crippen LogP contribution in [0, 0.1) is 0 Å². The van der Waals surface area contributed by atoms with Crippen molar-refractivity contribution in [1.82, 2.24) is 25.9 Å². The number of nitrogens with two attached hydrogens (primary N) is 1. The lowest BCUT2D eigenvalue weighted by Gasteiger charge is -2.24. The zero-order valence-electron chi connectivity index (χ0n) is 19.8. The first kappa shape index (κ1) is 28.8. The van der Waals surface area contributed by atoms with Gasteiger partial charge in [-0.2, -0.15) is 11.8 Å². The molecule has 0 bridgehead atoms. The second-order valence-electron chi connectivity index (χ2n) is 8.06. The molecule has 1 heterocycles. The highest BCUT2D eigenvalue weighted by Crippen LogP contribution is 2.05. The Kier molecular flexibility index (Phi) is 11.9. The van der Waals surface area contributed by atoms with Crippen molar-refractivity contribution in [3.8, 4) is 0 Å². The summed E-state index contributed by atoms with van der Waals surface area (Å²) >= 11 is 1.42. The third-order valence-electron chi connectivity index (χ3n) is 5.29. The molecule has 0 saturated heterocycles. The molecular formula is C23H32N6O6S. The minimum absolute atomic E-state index is 0.0148. The van der Waals surface area contributed by atoms with E-state index < -0.39 is 54.5 Å². The average Bonchev–Trinajstić information content (AvgIpc) is 3.37. The highest BCUT2D eigenvalue weighted by atomic mass is 32.2.